The zero-order chi connectivity index (χ0) is 22.5. The van der Waals surface area contributed by atoms with Crippen molar-refractivity contribution in [2.75, 3.05) is 52.8 Å². The largest absolute Gasteiger partial charge is 0.496 e. The van der Waals surface area contributed by atoms with Gasteiger partial charge in [-0.25, -0.2) is 9.97 Å². The highest BCUT2D eigenvalue weighted by Gasteiger charge is 2.28. The van der Waals surface area contributed by atoms with Crippen molar-refractivity contribution in [2.45, 2.75) is 38.0 Å². The normalized spacial score (nSPS) is 19.7. The van der Waals surface area contributed by atoms with Gasteiger partial charge in [0.05, 0.1) is 25.5 Å². The van der Waals surface area contributed by atoms with Gasteiger partial charge in [-0.05, 0) is 63.2 Å². The van der Waals surface area contributed by atoms with Crippen LogP contribution in [0.4, 0.5) is 5.95 Å². The monoisotopic (exact) mass is 436 g/mol. The molecular formula is C26H36N4O2. The molecule has 2 heterocycles. The fraction of sp³-hybridized carbons (Fsp3) is 0.538. The van der Waals surface area contributed by atoms with E-state index in [1.54, 1.807) is 14.2 Å². The smallest absolute Gasteiger partial charge is 0.225 e. The standard InChI is InChI=1S/C26H36N4O2/c1-29(2)26-27-17-21(24-22(31-3)11-8-12-23(24)32-4)25(28-26)20-13-15-30(16-14-20)18-19-9-6-5-7-10-19/h5-6,8,11-12,17,19-20H,7,9-10,13-16,18H2,1-4H3/t19-/m1/s1. The van der Waals surface area contributed by atoms with E-state index in [0.717, 1.165) is 66.1 Å². The summed E-state index contributed by atoms with van der Waals surface area (Å²) >= 11 is 0. The summed E-state index contributed by atoms with van der Waals surface area (Å²) in [6.07, 6.45) is 12.6. The number of likely N-dealkylation sites (tertiary alicyclic amines) is 1. The van der Waals surface area contributed by atoms with Crippen LogP contribution in [0.2, 0.25) is 0 Å². The zero-order valence-electron chi connectivity index (χ0n) is 19.9. The summed E-state index contributed by atoms with van der Waals surface area (Å²) in [4.78, 5) is 14.3. The Kier molecular flexibility index (Phi) is 7.30. The van der Waals surface area contributed by atoms with E-state index < -0.39 is 0 Å². The van der Waals surface area contributed by atoms with Crippen LogP contribution >= 0.6 is 0 Å². The number of benzene rings is 1. The Balaban J connectivity index is 1.61. The van der Waals surface area contributed by atoms with Crippen LogP contribution in [0.1, 0.15) is 43.7 Å². The summed E-state index contributed by atoms with van der Waals surface area (Å²) < 4.78 is 11.4. The first kappa shape index (κ1) is 22.6. The molecular weight excluding hydrogens is 400 g/mol. The molecule has 6 nitrogen and oxygen atoms in total. The van der Waals surface area contributed by atoms with Gasteiger partial charge in [-0.15, -0.1) is 0 Å². The van der Waals surface area contributed by atoms with E-state index in [1.807, 2.05) is 43.4 Å². The molecule has 0 saturated carbocycles. The van der Waals surface area contributed by atoms with Crippen molar-refractivity contribution in [1.82, 2.24) is 14.9 Å². The second kappa shape index (κ2) is 10.3. The molecule has 0 N–H and O–H groups in total. The number of anilines is 1. The molecule has 6 heteroatoms. The summed E-state index contributed by atoms with van der Waals surface area (Å²) in [5.74, 6) is 3.52. The minimum absolute atomic E-state index is 0.392. The molecule has 1 aliphatic heterocycles. The molecule has 0 amide bonds. The summed E-state index contributed by atoms with van der Waals surface area (Å²) in [7, 11) is 7.38. The molecule has 1 saturated heterocycles. The van der Waals surface area contributed by atoms with Crippen LogP contribution in [-0.4, -0.2) is 62.8 Å². The molecule has 1 fully saturated rings. The number of nitrogens with zero attached hydrogens (tertiary/aromatic N) is 4. The van der Waals surface area contributed by atoms with Crippen LogP contribution in [-0.2, 0) is 0 Å². The van der Waals surface area contributed by atoms with E-state index in [9.17, 15) is 0 Å². The van der Waals surface area contributed by atoms with Gasteiger partial charge in [0.15, 0.2) is 0 Å². The molecule has 0 unspecified atom stereocenters. The van der Waals surface area contributed by atoms with Crippen molar-refractivity contribution in [3.05, 3.63) is 42.2 Å². The van der Waals surface area contributed by atoms with E-state index >= 15 is 0 Å². The van der Waals surface area contributed by atoms with Crippen LogP contribution in [0.3, 0.4) is 0 Å². The van der Waals surface area contributed by atoms with E-state index in [0.29, 0.717) is 5.92 Å². The summed E-state index contributed by atoms with van der Waals surface area (Å²) in [5, 5.41) is 0. The van der Waals surface area contributed by atoms with Gasteiger partial charge < -0.3 is 19.3 Å². The number of methoxy groups -OCH3 is 2. The Morgan fingerprint density at radius 2 is 1.75 bits per heavy atom. The van der Waals surface area contributed by atoms with Gasteiger partial charge in [0.1, 0.15) is 11.5 Å². The number of ether oxygens (including phenoxy) is 2. The predicted octanol–water partition coefficient (Wildman–Crippen LogP) is 4.76. The molecule has 0 spiro atoms. The molecule has 1 aromatic carbocycles. The maximum Gasteiger partial charge on any atom is 0.225 e. The lowest BCUT2D eigenvalue weighted by atomic mass is 9.87. The van der Waals surface area contributed by atoms with Gasteiger partial charge in [0.2, 0.25) is 5.95 Å². The lowest BCUT2D eigenvalue weighted by molar-refractivity contribution is 0.177. The molecule has 172 valence electrons. The Morgan fingerprint density at radius 1 is 1.03 bits per heavy atom. The third kappa shape index (κ3) is 4.90. The van der Waals surface area contributed by atoms with Crippen molar-refractivity contribution < 1.29 is 9.47 Å². The predicted molar refractivity (Wildman–Crippen MR) is 130 cm³/mol. The summed E-state index contributed by atoms with van der Waals surface area (Å²) in [5.41, 5.74) is 3.06. The molecule has 4 rings (SSSR count). The number of rotatable bonds is 7. The molecule has 1 aliphatic carbocycles. The van der Waals surface area contributed by atoms with Gasteiger partial charge >= 0.3 is 0 Å². The number of aromatic nitrogens is 2. The van der Waals surface area contributed by atoms with Crippen LogP contribution in [0.5, 0.6) is 11.5 Å². The highest BCUT2D eigenvalue weighted by molar-refractivity contribution is 5.78. The topological polar surface area (TPSA) is 50.7 Å². The van der Waals surface area contributed by atoms with Gasteiger partial charge in [-0.3, -0.25) is 0 Å². The lowest BCUT2D eigenvalue weighted by Gasteiger charge is -2.35. The van der Waals surface area contributed by atoms with Gasteiger partial charge in [0, 0.05) is 38.3 Å². The Morgan fingerprint density at radius 3 is 2.34 bits per heavy atom. The molecule has 32 heavy (non-hydrogen) atoms. The molecule has 1 aromatic heterocycles. The van der Waals surface area contributed by atoms with Gasteiger partial charge in [-0.2, -0.15) is 0 Å². The first-order valence-corrected chi connectivity index (χ1v) is 11.7. The van der Waals surface area contributed by atoms with Crippen molar-refractivity contribution in [1.29, 1.82) is 0 Å². The average Bonchev–Trinajstić information content (AvgIpc) is 2.84. The van der Waals surface area contributed by atoms with Crippen LogP contribution < -0.4 is 14.4 Å². The first-order chi connectivity index (χ1) is 15.6. The second-order valence-electron chi connectivity index (χ2n) is 9.13. The number of piperidine rings is 1. The minimum Gasteiger partial charge on any atom is -0.496 e. The average molecular weight is 437 g/mol. The molecule has 2 aliphatic rings. The highest BCUT2D eigenvalue weighted by atomic mass is 16.5. The van der Waals surface area contributed by atoms with E-state index in [-0.39, 0.29) is 0 Å². The van der Waals surface area contributed by atoms with Crippen LogP contribution in [0, 0.1) is 5.92 Å². The quantitative estimate of drug-likeness (QED) is 0.583. The maximum absolute atomic E-state index is 5.70. The van der Waals surface area contributed by atoms with Gasteiger partial charge in [0.25, 0.3) is 0 Å². The third-order valence-electron chi connectivity index (χ3n) is 6.77. The highest BCUT2D eigenvalue weighted by Crippen LogP contribution is 2.43. The fourth-order valence-electron chi connectivity index (χ4n) is 5.00. The Hall–Kier alpha value is -2.60. The summed E-state index contributed by atoms with van der Waals surface area (Å²) in [6.45, 7) is 3.46. The van der Waals surface area contributed by atoms with E-state index in [1.165, 1.54) is 25.8 Å². The SMILES string of the molecule is COc1cccc(OC)c1-c1cnc(N(C)C)nc1C1CCN(C[C@@H]2CC=CCC2)CC1. The fourth-order valence-corrected chi connectivity index (χ4v) is 5.00. The van der Waals surface area contributed by atoms with Crippen molar-refractivity contribution in [2.24, 2.45) is 5.92 Å². The minimum atomic E-state index is 0.392. The Bertz CT molecular complexity index is 913. The van der Waals surface area contributed by atoms with Gasteiger partial charge in [-0.1, -0.05) is 18.2 Å². The van der Waals surface area contributed by atoms with E-state index in [2.05, 4.69) is 22.0 Å². The van der Waals surface area contributed by atoms with Crippen molar-refractivity contribution in [3.8, 4) is 22.6 Å². The van der Waals surface area contributed by atoms with E-state index in [4.69, 9.17) is 14.5 Å². The van der Waals surface area contributed by atoms with Crippen molar-refractivity contribution >= 4 is 5.95 Å². The lowest BCUT2D eigenvalue weighted by Crippen LogP contribution is -2.37. The van der Waals surface area contributed by atoms with Crippen LogP contribution in [0.25, 0.3) is 11.1 Å². The number of hydrogen-bond donors (Lipinski definition) is 0. The summed E-state index contributed by atoms with van der Waals surface area (Å²) in [6, 6.07) is 5.90. The number of allylic oxidation sites excluding steroid dienone is 2. The second-order valence-corrected chi connectivity index (χ2v) is 9.13. The molecule has 0 bridgehead atoms. The number of hydrogen-bond acceptors (Lipinski definition) is 6. The molecule has 1 atom stereocenters. The first-order valence-electron chi connectivity index (χ1n) is 11.7. The Labute approximate surface area is 192 Å². The third-order valence-corrected chi connectivity index (χ3v) is 6.77. The van der Waals surface area contributed by atoms with Crippen LogP contribution in [0.15, 0.2) is 36.5 Å². The molecule has 0 radical (unpaired) electrons. The van der Waals surface area contributed by atoms with Crippen molar-refractivity contribution in [3.63, 3.8) is 0 Å². The maximum atomic E-state index is 5.70. The zero-order valence-corrected chi connectivity index (χ0v) is 19.9. The molecule has 2 aromatic rings.